The van der Waals surface area contributed by atoms with Gasteiger partial charge in [-0.05, 0) is 75.6 Å². The summed E-state index contributed by atoms with van der Waals surface area (Å²) in [6, 6.07) is 13.8. The maximum atomic E-state index is 13.1. The fourth-order valence-electron chi connectivity index (χ4n) is 3.97. The first-order chi connectivity index (χ1) is 21.8. The summed E-state index contributed by atoms with van der Waals surface area (Å²) in [6.07, 6.45) is -5.39. The third-order valence-electron chi connectivity index (χ3n) is 5.94. The number of Topliss-reactive ketones (excluding diaryl/α,β-unsaturated/α-hetero) is 2. The molecule has 0 radical (unpaired) electrons. The molecule has 0 fully saturated rings. The van der Waals surface area contributed by atoms with Gasteiger partial charge in [0.25, 0.3) is 0 Å². The second-order valence-corrected chi connectivity index (χ2v) is 10.7. The molecule has 2 aromatic carbocycles. The van der Waals surface area contributed by atoms with Crippen LogP contribution in [0.3, 0.4) is 0 Å². The van der Waals surface area contributed by atoms with Crippen LogP contribution in [0, 0.1) is 23.7 Å². The van der Waals surface area contributed by atoms with Crippen molar-refractivity contribution in [3.05, 3.63) is 70.8 Å². The molecule has 242 valence electrons. The molecule has 10 nitrogen and oxygen atoms in total. The van der Waals surface area contributed by atoms with Crippen molar-refractivity contribution in [1.29, 1.82) is 0 Å². The highest BCUT2D eigenvalue weighted by Gasteiger charge is 2.43. The summed E-state index contributed by atoms with van der Waals surface area (Å²) in [7, 11) is 0. The summed E-state index contributed by atoms with van der Waals surface area (Å²) < 4.78 is 21.4. The third kappa shape index (κ3) is 13.2. The number of carbonyl (C=O) groups is 6. The van der Waals surface area contributed by atoms with Crippen LogP contribution in [0.1, 0.15) is 76.6 Å². The van der Waals surface area contributed by atoms with Crippen molar-refractivity contribution in [3.8, 4) is 23.7 Å². The highest BCUT2D eigenvalue weighted by atomic mass is 16.6. The molecular formula is C36H38O10. The Kier molecular flexibility index (Phi) is 14.9. The highest BCUT2D eigenvalue weighted by molar-refractivity contribution is 5.94. The minimum atomic E-state index is -1.95. The molecule has 46 heavy (non-hydrogen) atoms. The van der Waals surface area contributed by atoms with Crippen LogP contribution in [0.2, 0.25) is 0 Å². The van der Waals surface area contributed by atoms with E-state index >= 15 is 0 Å². The fraction of sp³-hybridized carbons (Fsp3) is 0.389. The summed E-state index contributed by atoms with van der Waals surface area (Å²) in [5, 5.41) is 0. The van der Waals surface area contributed by atoms with E-state index in [2.05, 4.69) is 23.7 Å². The Morgan fingerprint density at radius 2 is 0.913 bits per heavy atom. The molecular weight excluding hydrogens is 592 g/mol. The van der Waals surface area contributed by atoms with Crippen molar-refractivity contribution >= 4 is 35.4 Å². The van der Waals surface area contributed by atoms with Crippen LogP contribution in [0.25, 0.3) is 0 Å². The average Bonchev–Trinajstić information content (AvgIpc) is 2.98. The van der Waals surface area contributed by atoms with Crippen molar-refractivity contribution in [2.75, 3.05) is 0 Å². The number of hydrogen-bond donors (Lipinski definition) is 0. The second-order valence-electron chi connectivity index (χ2n) is 10.7. The fourth-order valence-corrected chi connectivity index (χ4v) is 3.97. The predicted molar refractivity (Wildman–Crippen MR) is 167 cm³/mol. The van der Waals surface area contributed by atoms with E-state index in [9.17, 15) is 28.8 Å². The van der Waals surface area contributed by atoms with Crippen molar-refractivity contribution in [2.24, 2.45) is 0 Å². The van der Waals surface area contributed by atoms with Gasteiger partial charge in [0.2, 0.25) is 23.8 Å². The van der Waals surface area contributed by atoms with Gasteiger partial charge in [-0.2, -0.15) is 0 Å². The molecule has 0 aliphatic heterocycles. The van der Waals surface area contributed by atoms with Crippen LogP contribution >= 0.6 is 0 Å². The number of hydrogen-bond acceptors (Lipinski definition) is 10. The number of rotatable bonds is 13. The lowest BCUT2D eigenvalue weighted by atomic mass is 10.0. The number of carbonyl (C=O) groups excluding carboxylic acids is 6. The molecule has 0 unspecified atom stereocenters. The molecule has 0 aromatic heterocycles. The first kappa shape index (κ1) is 37.0. The molecule has 0 aliphatic rings. The largest absolute Gasteiger partial charge is 0.460 e. The van der Waals surface area contributed by atoms with Gasteiger partial charge in [0.15, 0.2) is 0 Å². The topological polar surface area (TPSA) is 139 Å². The molecule has 2 atom stereocenters. The van der Waals surface area contributed by atoms with Gasteiger partial charge >= 0.3 is 23.9 Å². The summed E-state index contributed by atoms with van der Waals surface area (Å²) in [4.78, 5) is 75.0. The van der Waals surface area contributed by atoms with Crippen molar-refractivity contribution < 1.29 is 47.7 Å². The van der Waals surface area contributed by atoms with Gasteiger partial charge in [-0.1, -0.05) is 48.2 Å². The van der Waals surface area contributed by atoms with E-state index in [1.165, 1.54) is 13.8 Å². The zero-order valence-electron chi connectivity index (χ0n) is 26.8. The van der Waals surface area contributed by atoms with Crippen LogP contribution in [-0.2, 0) is 60.6 Å². The van der Waals surface area contributed by atoms with Gasteiger partial charge in [-0.25, -0.2) is 9.59 Å². The molecule has 0 saturated carbocycles. The first-order valence-electron chi connectivity index (χ1n) is 14.8. The lowest BCUT2D eigenvalue weighted by Gasteiger charge is -2.26. The van der Waals surface area contributed by atoms with Crippen LogP contribution in [0.4, 0.5) is 0 Å². The van der Waals surface area contributed by atoms with Gasteiger partial charge in [0.1, 0.15) is 0 Å². The molecule has 0 bridgehead atoms. The van der Waals surface area contributed by atoms with Gasteiger partial charge in [0.05, 0.1) is 12.2 Å². The lowest BCUT2D eigenvalue weighted by Crippen LogP contribution is -2.48. The zero-order valence-corrected chi connectivity index (χ0v) is 26.8. The lowest BCUT2D eigenvalue weighted by molar-refractivity contribution is -0.194. The summed E-state index contributed by atoms with van der Waals surface area (Å²) in [6.45, 7) is 8.93. The Bertz CT molecular complexity index is 1440. The average molecular weight is 631 g/mol. The molecule has 10 heteroatoms. The van der Waals surface area contributed by atoms with Crippen LogP contribution in [0.15, 0.2) is 48.5 Å². The van der Waals surface area contributed by atoms with E-state index < -0.39 is 48.3 Å². The van der Waals surface area contributed by atoms with E-state index in [0.717, 1.165) is 0 Å². The van der Waals surface area contributed by atoms with E-state index in [4.69, 9.17) is 18.9 Å². The molecule has 2 rings (SSSR count). The standard InChI is InChI=1S/C36H38O10/c1-23(2)43-35(41)33(45-31(39)21-19-29-13-9-7-11-27(29)17-15-25(5)37)34(36(42)44-24(3)4)46-32(40)22-20-30-14-10-8-12-28(30)18-16-26(6)38/h7-14,23-24,33-34H,19-22H2,1-6H3/t33-,34-/m1/s1. The van der Waals surface area contributed by atoms with Gasteiger partial charge < -0.3 is 18.9 Å². The van der Waals surface area contributed by atoms with Crippen molar-refractivity contribution in [1.82, 2.24) is 0 Å². The van der Waals surface area contributed by atoms with E-state index in [-0.39, 0.29) is 37.2 Å². The molecule has 0 spiro atoms. The number of aryl methyl sites for hydroxylation is 2. The molecule has 0 amide bonds. The second kappa shape index (κ2) is 18.6. The third-order valence-corrected chi connectivity index (χ3v) is 5.94. The molecule has 0 N–H and O–H groups in total. The van der Waals surface area contributed by atoms with E-state index in [0.29, 0.717) is 22.3 Å². The van der Waals surface area contributed by atoms with Gasteiger partial charge in [-0.3, -0.25) is 19.2 Å². The molecule has 0 aliphatic carbocycles. The Labute approximate surface area is 269 Å². The SMILES string of the molecule is CC(=O)C#Cc1ccccc1CCC(=O)O[C@@H](C(=O)OC(C)C)[C@@H](OC(=O)CCc1ccccc1C#CC(C)=O)C(=O)OC(C)C. The number of ketones is 2. The zero-order chi connectivity index (χ0) is 34.2. The van der Waals surface area contributed by atoms with Crippen molar-refractivity contribution in [2.45, 2.75) is 91.6 Å². The Balaban J connectivity index is 2.29. The molecule has 0 heterocycles. The Hall–Kier alpha value is -5.22. The smallest absolute Gasteiger partial charge is 0.352 e. The molecule has 2 aromatic rings. The minimum Gasteiger partial charge on any atom is -0.460 e. The van der Waals surface area contributed by atoms with E-state index in [1.807, 2.05) is 0 Å². The number of esters is 4. The van der Waals surface area contributed by atoms with Crippen molar-refractivity contribution in [3.63, 3.8) is 0 Å². The van der Waals surface area contributed by atoms with Crippen LogP contribution < -0.4 is 0 Å². The Morgan fingerprint density at radius 1 is 0.565 bits per heavy atom. The van der Waals surface area contributed by atoms with E-state index in [1.54, 1.807) is 76.2 Å². The van der Waals surface area contributed by atoms with Crippen LogP contribution in [-0.4, -0.2) is 59.9 Å². The first-order valence-corrected chi connectivity index (χ1v) is 14.8. The highest BCUT2D eigenvalue weighted by Crippen LogP contribution is 2.17. The summed E-state index contributed by atoms with van der Waals surface area (Å²) in [5.41, 5.74) is 2.40. The predicted octanol–water partition coefficient (Wildman–Crippen LogP) is 3.86. The number of benzene rings is 2. The van der Waals surface area contributed by atoms with Gasteiger partial charge in [-0.15, -0.1) is 0 Å². The maximum Gasteiger partial charge on any atom is 0.352 e. The quantitative estimate of drug-likeness (QED) is 0.182. The summed E-state index contributed by atoms with van der Waals surface area (Å²) in [5.74, 6) is 5.86. The van der Waals surface area contributed by atoms with Crippen LogP contribution in [0.5, 0.6) is 0 Å². The Morgan fingerprint density at radius 3 is 1.24 bits per heavy atom. The van der Waals surface area contributed by atoms with Gasteiger partial charge in [0, 0.05) is 37.8 Å². The molecule has 0 saturated heterocycles. The summed E-state index contributed by atoms with van der Waals surface area (Å²) >= 11 is 0. The maximum absolute atomic E-state index is 13.1. The normalized spacial score (nSPS) is 11.6. The minimum absolute atomic E-state index is 0.139. The monoisotopic (exact) mass is 630 g/mol. The number of ether oxygens (including phenoxy) is 4.